The Bertz CT molecular complexity index is 531. The van der Waals surface area contributed by atoms with Gasteiger partial charge in [0.25, 0.3) is 5.69 Å². The summed E-state index contributed by atoms with van der Waals surface area (Å²) in [4.78, 5) is 23.1. The first-order valence-corrected chi connectivity index (χ1v) is 6.31. The smallest absolute Gasteiger partial charge is 0.306 e. The van der Waals surface area contributed by atoms with Crippen LogP contribution in [0.3, 0.4) is 0 Å². The van der Waals surface area contributed by atoms with E-state index < -0.39 is 10.9 Å². The SMILES string of the molecule is Cc1ccc([N+](=O)[O-])cc1N1CCOC(CC(=O)O)C1. The molecule has 0 bridgehead atoms. The lowest BCUT2D eigenvalue weighted by molar-refractivity contribution is -0.384. The number of hydrogen-bond acceptors (Lipinski definition) is 5. The maximum atomic E-state index is 10.8. The number of morpholine rings is 1. The van der Waals surface area contributed by atoms with E-state index in [1.807, 2.05) is 11.8 Å². The summed E-state index contributed by atoms with van der Waals surface area (Å²) >= 11 is 0. The van der Waals surface area contributed by atoms with Gasteiger partial charge in [0.1, 0.15) is 0 Å². The molecule has 0 aromatic heterocycles. The van der Waals surface area contributed by atoms with Crippen molar-refractivity contribution < 1.29 is 19.6 Å². The number of carboxylic acids is 1. The Morgan fingerprint density at radius 1 is 1.60 bits per heavy atom. The normalized spacial score (nSPS) is 18.9. The van der Waals surface area contributed by atoms with Gasteiger partial charge in [0.15, 0.2) is 0 Å². The maximum absolute atomic E-state index is 10.8. The molecule has 1 aliphatic rings. The lowest BCUT2D eigenvalue weighted by Crippen LogP contribution is -2.43. The van der Waals surface area contributed by atoms with Crippen LogP contribution in [0.1, 0.15) is 12.0 Å². The molecule has 1 saturated heterocycles. The number of nitro groups is 1. The number of benzene rings is 1. The van der Waals surface area contributed by atoms with Gasteiger partial charge in [0.2, 0.25) is 0 Å². The van der Waals surface area contributed by atoms with Crippen molar-refractivity contribution in [3.63, 3.8) is 0 Å². The third kappa shape index (κ3) is 3.24. The van der Waals surface area contributed by atoms with Crippen molar-refractivity contribution >= 4 is 17.3 Å². The van der Waals surface area contributed by atoms with Gasteiger partial charge in [-0.15, -0.1) is 0 Å². The van der Waals surface area contributed by atoms with Crippen LogP contribution in [0.5, 0.6) is 0 Å². The van der Waals surface area contributed by atoms with E-state index in [1.165, 1.54) is 12.1 Å². The highest BCUT2D eigenvalue weighted by Crippen LogP contribution is 2.27. The van der Waals surface area contributed by atoms with E-state index in [-0.39, 0.29) is 18.2 Å². The molecule has 0 aliphatic carbocycles. The second-order valence-electron chi connectivity index (χ2n) is 4.76. The van der Waals surface area contributed by atoms with Crippen LogP contribution in [0, 0.1) is 17.0 Å². The molecule has 1 fully saturated rings. The van der Waals surface area contributed by atoms with Crippen molar-refractivity contribution in [1.82, 2.24) is 0 Å². The van der Waals surface area contributed by atoms with Crippen LogP contribution in [0.25, 0.3) is 0 Å². The van der Waals surface area contributed by atoms with Crippen LogP contribution in [-0.4, -0.2) is 41.8 Å². The fourth-order valence-corrected chi connectivity index (χ4v) is 2.31. The second kappa shape index (κ2) is 5.87. The minimum absolute atomic E-state index is 0.0341. The van der Waals surface area contributed by atoms with Crippen LogP contribution in [-0.2, 0) is 9.53 Å². The van der Waals surface area contributed by atoms with Crippen molar-refractivity contribution in [3.8, 4) is 0 Å². The molecule has 0 radical (unpaired) electrons. The van der Waals surface area contributed by atoms with Crippen molar-refractivity contribution in [2.75, 3.05) is 24.6 Å². The van der Waals surface area contributed by atoms with Crippen molar-refractivity contribution in [1.29, 1.82) is 0 Å². The van der Waals surface area contributed by atoms with Crippen molar-refractivity contribution in [3.05, 3.63) is 33.9 Å². The van der Waals surface area contributed by atoms with E-state index in [4.69, 9.17) is 9.84 Å². The van der Waals surface area contributed by atoms with Gasteiger partial charge in [0.05, 0.1) is 24.1 Å². The minimum atomic E-state index is -0.910. The van der Waals surface area contributed by atoms with Crippen LogP contribution in [0.15, 0.2) is 18.2 Å². The highest BCUT2D eigenvalue weighted by atomic mass is 16.6. The Labute approximate surface area is 115 Å². The molecule has 7 heteroatoms. The quantitative estimate of drug-likeness (QED) is 0.665. The molecule has 1 aliphatic heterocycles. The van der Waals surface area contributed by atoms with E-state index in [0.29, 0.717) is 19.7 Å². The standard InChI is InChI=1S/C13H16N2O5/c1-9-2-3-10(15(18)19)6-12(9)14-4-5-20-11(8-14)7-13(16)17/h2-3,6,11H,4-5,7-8H2,1H3,(H,16,17). The third-order valence-electron chi connectivity index (χ3n) is 3.29. The summed E-state index contributed by atoms with van der Waals surface area (Å²) in [6.45, 7) is 3.31. The Morgan fingerprint density at radius 2 is 2.35 bits per heavy atom. The first-order valence-electron chi connectivity index (χ1n) is 6.31. The molecule has 0 spiro atoms. The predicted octanol–water partition coefficient (Wildman–Crippen LogP) is 1.58. The van der Waals surface area contributed by atoms with Gasteiger partial charge in [0, 0.05) is 30.9 Å². The number of hydrogen-bond donors (Lipinski definition) is 1. The third-order valence-corrected chi connectivity index (χ3v) is 3.29. The van der Waals surface area contributed by atoms with E-state index in [2.05, 4.69) is 0 Å². The van der Waals surface area contributed by atoms with E-state index in [1.54, 1.807) is 6.07 Å². The molecule has 108 valence electrons. The zero-order valence-electron chi connectivity index (χ0n) is 11.1. The number of nitro benzene ring substituents is 1. The van der Waals surface area contributed by atoms with Crippen LogP contribution in [0.4, 0.5) is 11.4 Å². The predicted molar refractivity (Wildman–Crippen MR) is 72.0 cm³/mol. The maximum Gasteiger partial charge on any atom is 0.306 e. The van der Waals surface area contributed by atoms with E-state index in [9.17, 15) is 14.9 Å². The van der Waals surface area contributed by atoms with Gasteiger partial charge in [-0.2, -0.15) is 0 Å². The number of nitrogens with zero attached hydrogens (tertiary/aromatic N) is 2. The zero-order valence-corrected chi connectivity index (χ0v) is 11.1. The second-order valence-corrected chi connectivity index (χ2v) is 4.76. The summed E-state index contributed by atoms with van der Waals surface area (Å²) in [5.74, 6) is -0.910. The first kappa shape index (κ1) is 14.3. The molecular weight excluding hydrogens is 264 g/mol. The van der Waals surface area contributed by atoms with Crippen LogP contribution < -0.4 is 4.90 Å². The van der Waals surface area contributed by atoms with Crippen LogP contribution in [0.2, 0.25) is 0 Å². The number of aliphatic carboxylic acids is 1. The molecule has 20 heavy (non-hydrogen) atoms. The summed E-state index contributed by atoms with van der Waals surface area (Å²) < 4.78 is 5.40. The highest BCUT2D eigenvalue weighted by Gasteiger charge is 2.24. The molecule has 1 unspecified atom stereocenters. The van der Waals surface area contributed by atoms with E-state index in [0.717, 1.165) is 11.3 Å². The van der Waals surface area contributed by atoms with Gasteiger partial charge >= 0.3 is 5.97 Å². The van der Waals surface area contributed by atoms with Gasteiger partial charge in [-0.3, -0.25) is 14.9 Å². The summed E-state index contributed by atoms with van der Waals surface area (Å²) in [5.41, 5.74) is 1.72. The molecule has 1 aromatic rings. The number of anilines is 1. The minimum Gasteiger partial charge on any atom is -0.481 e. The topological polar surface area (TPSA) is 92.9 Å². The van der Waals surface area contributed by atoms with Gasteiger partial charge in [-0.25, -0.2) is 0 Å². The number of carboxylic acid groups (broad SMARTS) is 1. The highest BCUT2D eigenvalue weighted by molar-refractivity contribution is 5.67. The van der Waals surface area contributed by atoms with Gasteiger partial charge in [-0.05, 0) is 12.5 Å². The fourth-order valence-electron chi connectivity index (χ4n) is 2.31. The van der Waals surface area contributed by atoms with Crippen LogP contribution >= 0.6 is 0 Å². The molecular formula is C13H16N2O5. The monoisotopic (exact) mass is 280 g/mol. The van der Waals surface area contributed by atoms with Crippen molar-refractivity contribution in [2.45, 2.75) is 19.4 Å². The average Bonchev–Trinajstić information content (AvgIpc) is 2.38. The van der Waals surface area contributed by atoms with Gasteiger partial charge < -0.3 is 14.7 Å². The zero-order chi connectivity index (χ0) is 14.7. The molecule has 1 atom stereocenters. The molecule has 1 aromatic carbocycles. The number of ether oxygens (including phenoxy) is 1. The summed E-state index contributed by atoms with van der Waals surface area (Å²) in [6, 6.07) is 4.70. The number of rotatable bonds is 4. The van der Waals surface area contributed by atoms with Crippen molar-refractivity contribution in [2.24, 2.45) is 0 Å². The number of aryl methyl sites for hydroxylation is 1. The van der Waals surface area contributed by atoms with E-state index >= 15 is 0 Å². The first-order chi connectivity index (χ1) is 9.47. The molecule has 1 heterocycles. The average molecular weight is 280 g/mol. The fraction of sp³-hybridized carbons (Fsp3) is 0.462. The molecule has 0 amide bonds. The number of carbonyl (C=O) groups is 1. The Morgan fingerprint density at radius 3 is 3.00 bits per heavy atom. The number of non-ortho nitro benzene ring substituents is 1. The Kier molecular flexibility index (Phi) is 4.19. The Hall–Kier alpha value is -2.15. The molecule has 0 saturated carbocycles. The van der Waals surface area contributed by atoms with Gasteiger partial charge in [-0.1, -0.05) is 6.07 Å². The summed E-state index contributed by atoms with van der Waals surface area (Å²) in [7, 11) is 0. The lowest BCUT2D eigenvalue weighted by atomic mass is 10.1. The molecule has 1 N–H and O–H groups in total. The molecule has 7 nitrogen and oxygen atoms in total. The lowest BCUT2D eigenvalue weighted by Gasteiger charge is -2.34. The molecule has 2 rings (SSSR count). The Balaban J connectivity index is 2.19. The summed E-state index contributed by atoms with van der Waals surface area (Å²) in [6.07, 6.45) is -0.454. The largest absolute Gasteiger partial charge is 0.481 e. The summed E-state index contributed by atoms with van der Waals surface area (Å²) in [5, 5.41) is 19.6.